The summed E-state index contributed by atoms with van der Waals surface area (Å²) in [6.45, 7) is 0. The van der Waals surface area contributed by atoms with Crippen molar-refractivity contribution in [2.45, 2.75) is 12.3 Å². The lowest BCUT2D eigenvalue weighted by molar-refractivity contribution is -0.142. The highest BCUT2D eigenvalue weighted by Crippen LogP contribution is 2.23. The van der Waals surface area contributed by atoms with Gasteiger partial charge in [0, 0.05) is 0 Å². The summed E-state index contributed by atoms with van der Waals surface area (Å²) in [7, 11) is 1.31. The van der Waals surface area contributed by atoms with Crippen LogP contribution in [0, 0.1) is 11.6 Å². The molecule has 0 aliphatic carbocycles. The first kappa shape index (κ1) is 14.2. The van der Waals surface area contributed by atoms with Crippen LogP contribution < -0.4 is 0 Å². The highest BCUT2D eigenvalue weighted by atomic mass is 19.1. The van der Waals surface area contributed by atoms with Gasteiger partial charge in [-0.05, 0) is 41.8 Å². The van der Waals surface area contributed by atoms with Gasteiger partial charge in [0.15, 0.2) is 0 Å². The van der Waals surface area contributed by atoms with Crippen molar-refractivity contribution in [1.82, 2.24) is 0 Å². The van der Waals surface area contributed by atoms with E-state index < -0.39 is 11.9 Å². The normalized spacial score (nSPS) is 11.9. The number of benzene rings is 2. The molecule has 0 aromatic heterocycles. The Bertz CT molecular complexity index is 576. The summed E-state index contributed by atoms with van der Waals surface area (Å²) in [4.78, 5) is 11.9. The molecule has 104 valence electrons. The van der Waals surface area contributed by atoms with Crippen molar-refractivity contribution in [2.24, 2.45) is 0 Å². The molecule has 2 aromatic carbocycles. The van der Waals surface area contributed by atoms with Crippen LogP contribution in [-0.2, 0) is 16.0 Å². The van der Waals surface area contributed by atoms with Crippen LogP contribution in [0.4, 0.5) is 8.78 Å². The molecule has 2 aromatic rings. The minimum absolute atomic E-state index is 0.329. The maximum absolute atomic E-state index is 12.9. The predicted molar refractivity (Wildman–Crippen MR) is 71.3 cm³/mol. The maximum atomic E-state index is 12.9. The van der Waals surface area contributed by atoms with E-state index in [0.29, 0.717) is 12.0 Å². The van der Waals surface area contributed by atoms with Gasteiger partial charge in [-0.25, -0.2) is 8.78 Å². The number of esters is 1. The van der Waals surface area contributed by atoms with E-state index >= 15 is 0 Å². The van der Waals surface area contributed by atoms with Crippen LogP contribution in [0.25, 0.3) is 0 Å². The zero-order valence-corrected chi connectivity index (χ0v) is 11.0. The van der Waals surface area contributed by atoms with Crippen molar-refractivity contribution in [2.75, 3.05) is 7.11 Å². The van der Waals surface area contributed by atoms with E-state index in [-0.39, 0.29) is 11.6 Å². The van der Waals surface area contributed by atoms with Gasteiger partial charge < -0.3 is 4.74 Å². The average molecular weight is 276 g/mol. The van der Waals surface area contributed by atoms with E-state index in [9.17, 15) is 13.6 Å². The predicted octanol–water partition coefficient (Wildman–Crippen LogP) is 3.46. The molecule has 0 radical (unpaired) electrons. The summed E-state index contributed by atoms with van der Waals surface area (Å²) in [5.41, 5.74) is 1.48. The lowest BCUT2D eigenvalue weighted by atomic mass is 9.92. The van der Waals surface area contributed by atoms with Crippen molar-refractivity contribution in [3.05, 3.63) is 71.3 Å². The molecular formula is C16H14F2O2. The third kappa shape index (κ3) is 3.41. The van der Waals surface area contributed by atoms with Crippen LogP contribution in [0.5, 0.6) is 0 Å². The van der Waals surface area contributed by atoms with Gasteiger partial charge in [0.2, 0.25) is 0 Å². The molecular weight excluding hydrogens is 262 g/mol. The van der Waals surface area contributed by atoms with Gasteiger partial charge in [0.1, 0.15) is 11.6 Å². The molecule has 2 nitrogen and oxygen atoms in total. The number of hydrogen-bond acceptors (Lipinski definition) is 2. The fourth-order valence-corrected chi connectivity index (χ4v) is 2.03. The third-order valence-electron chi connectivity index (χ3n) is 3.11. The highest BCUT2D eigenvalue weighted by Gasteiger charge is 2.21. The zero-order valence-electron chi connectivity index (χ0n) is 11.0. The quantitative estimate of drug-likeness (QED) is 0.799. The van der Waals surface area contributed by atoms with Gasteiger partial charge in [0.25, 0.3) is 0 Å². The topological polar surface area (TPSA) is 26.3 Å². The molecule has 0 spiro atoms. The Balaban J connectivity index is 2.26. The average Bonchev–Trinajstić information content (AvgIpc) is 2.47. The van der Waals surface area contributed by atoms with Crippen LogP contribution in [0.2, 0.25) is 0 Å². The Morgan fingerprint density at radius 2 is 1.50 bits per heavy atom. The molecule has 0 amide bonds. The first-order valence-corrected chi connectivity index (χ1v) is 6.18. The summed E-state index contributed by atoms with van der Waals surface area (Å²) in [5.74, 6) is -1.63. The maximum Gasteiger partial charge on any atom is 0.313 e. The molecule has 0 aliphatic heterocycles. The number of hydrogen-bond donors (Lipinski definition) is 0. The molecule has 2 rings (SSSR count). The van der Waals surface area contributed by atoms with Crippen LogP contribution in [0.3, 0.4) is 0 Å². The lowest BCUT2D eigenvalue weighted by Gasteiger charge is -2.15. The Labute approximate surface area is 116 Å². The molecule has 0 aliphatic rings. The first-order valence-electron chi connectivity index (χ1n) is 6.18. The molecule has 20 heavy (non-hydrogen) atoms. The smallest absolute Gasteiger partial charge is 0.313 e. The second-order valence-electron chi connectivity index (χ2n) is 4.46. The van der Waals surface area contributed by atoms with Crippen LogP contribution in [-0.4, -0.2) is 13.1 Å². The van der Waals surface area contributed by atoms with E-state index in [1.165, 1.54) is 31.4 Å². The number of carbonyl (C=O) groups is 1. The van der Waals surface area contributed by atoms with E-state index in [4.69, 9.17) is 4.74 Å². The number of halogens is 2. The minimum atomic E-state index is -0.536. The van der Waals surface area contributed by atoms with Gasteiger partial charge in [0.05, 0.1) is 13.0 Å². The van der Waals surface area contributed by atoms with Gasteiger partial charge in [-0.3, -0.25) is 4.79 Å². The van der Waals surface area contributed by atoms with Gasteiger partial charge in [-0.15, -0.1) is 0 Å². The van der Waals surface area contributed by atoms with Crippen molar-refractivity contribution < 1.29 is 18.3 Å². The van der Waals surface area contributed by atoms with Gasteiger partial charge in [-0.1, -0.05) is 24.3 Å². The number of ether oxygens (including phenoxy) is 1. The Morgan fingerprint density at radius 3 is 2.00 bits per heavy atom. The summed E-state index contributed by atoms with van der Waals surface area (Å²) in [6.07, 6.45) is 0.374. The van der Waals surface area contributed by atoms with Crippen LogP contribution in [0.15, 0.2) is 48.5 Å². The second kappa shape index (κ2) is 6.28. The Kier molecular flexibility index (Phi) is 4.45. The van der Waals surface area contributed by atoms with E-state index in [0.717, 1.165) is 5.56 Å². The zero-order chi connectivity index (χ0) is 14.5. The Morgan fingerprint density at radius 1 is 1.00 bits per heavy atom. The highest BCUT2D eigenvalue weighted by molar-refractivity contribution is 5.78. The number of methoxy groups -OCH3 is 1. The molecule has 0 saturated carbocycles. The second-order valence-corrected chi connectivity index (χ2v) is 4.46. The van der Waals surface area contributed by atoms with Gasteiger partial charge >= 0.3 is 5.97 Å². The summed E-state index contributed by atoms with van der Waals surface area (Å²) < 4.78 is 30.6. The summed E-state index contributed by atoms with van der Waals surface area (Å²) in [6, 6.07) is 11.6. The minimum Gasteiger partial charge on any atom is -0.469 e. The van der Waals surface area contributed by atoms with E-state index in [1.807, 2.05) is 0 Å². The van der Waals surface area contributed by atoms with Crippen molar-refractivity contribution in [1.29, 1.82) is 0 Å². The molecule has 0 heterocycles. The number of carbonyl (C=O) groups excluding carboxylic acids is 1. The molecule has 4 heteroatoms. The molecule has 0 bridgehead atoms. The van der Waals surface area contributed by atoms with Crippen LogP contribution in [0.1, 0.15) is 17.0 Å². The molecule has 0 fully saturated rings. The SMILES string of the molecule is COC(=O)C(Cc1ccc(F)cc1)c1ccc(F)cc1. The largest absolute Gasteiger partial charge is 0.469 e. The molecule has 0 N–H and O–H groups in total. The molecule has 0 saturated heterocycles. The number of rotatable bonds is 4. The summed E-state index contributed by atoms with van der Waals surface area (Å²) in [5, 5.41) is 0. The van der Waals surface area contributed by atoms with Gasteiger partial charge in [-0.2, -0.15) is 0 Å². The van der Waals surface area contributed by atoms with Crippen molar-refractivity contribution in [3.8, 4) is 0 Å². The van der Waals surface area contributed by atoms with Crippen molar-refractivity contribution in [3.63, 3.8) is 0 Å². The summed E-state index contributed by atoms with van der Waals surface area (Å²) >= 11 is 0. The van der Waals surface area contributed by atoms with Crippen LogP contribution >= 0.6 is 0 Å². The lowest BCUT2D eigenvalue weighted by Crippen LogP contribution is -2.17. The fraction of sp³-hybridized carbons (Fsp3) is 0.188. The third-order valence-corrected chi connectivity index (χ3v) is 3.11. The molecule has 1 atom stereocenters. The molecule has 1 unspecified atom stereocenters. The van der Waals surface area contributed by atoms with Crippen molar-refractivity contribution >= 4 is 5.97 Å². The Hall–Kier alpha value is -2.23. The fourth-order valence-electron chi connectivity index (χ4n) is 2.03. The standard InChI is InChI=1S/C16H14F2O2/c1-20-16(19)15(12-4-8-14(18)9-5-12)10-11-2-6-13(17)7-3-11/h2-9,15H,10H2,1H3. The first-order chi connectivity index (χ1) is 9.60. The van der Waals surface area contributed by atoms with E-state index in [1.54, 1.807) is 24.3 Å². The monoisotopic (exact) mass is 276 g/mol. The van der Waals surface area contributed by atoms with E-state index in [2.05, 4.69) is 0 Å².